The molecule has 5 aromatic carbocycles. The van der Waals surface area contributed by atoms with Crippen molar-refractivity contribution < 1.29 is 33.4 Å². The maximum Gasteiger partial charge on any atom is 0.291 e. The number of halogens is 1. The minimum atomic E-state index is -4.94. The van der Waals surface area contributed by atoms with Crippen molar-refractivity contribution in [2.45, 2.75) is 26.9 Å². The van der Waals surface area contributed by atoms with E-state index >= 15 is 0 Å². The van der Waals surface area contributed by atoms with E-state index in [0.29, 0.717) is 0 Å². The second-order valence-electron chi connectivity index (χ2n) is 9.72. The van der Waals surface area contributed by atoms with Gasteiger partial charge in [-0.3, -0.25) is 0 Å². The van der Waals surface area contributed by atoms with E-state index < -0.39 is 10.2 Å². The predicted octanol–water partition coefficient (Wildman–Crippen LogP) is 3.88. The Kier molecular flexibility index (Phi) is 8.83. The summed E-state index contributed by atoms with van der Waals surface area (Å²) in [5.41, 5.74) is 11.2. The van der Waals surface area contributed by atoms with E-state index in [4.69, 9.17) is 18.6 Å². The van der Waals surface area contributed by atoms with Crippen LogP contribution in [-0.2, 0) is 13.1 Å². The summed E-state index contributed by atoms with van der Waals surface area (Å²) < 4.78 is 38.9. The first kappa shape index (κ1) is 29.2. The van der Waals surface area contributed by atoms with Gasteiger partial charge in [0.05, 0.1) is 18.7 Å². The molecule has 0 saturated heterocycles. The third-order valence-electron chi connectivity index (χ3n) is 7.25. The van der Waals surface area contributed by atoms with Crippen LogP contribution in [-0.4, -0.2) is 4.57 Å². The summed E-state index contributed by atoms with van der Waals surface area (Å²) in [7, 11) is -4.94. The first-order valence-electron chi connectivity index (χ1n) is 13.8. The number of benzene rings is 5. The average molecular weight is 579 g/mol. The van der Waals surface area contributed by atoms with Crippen LogP contribution < -0.4 is 23.2 Å². The van der Waals surface area contributed by atoms with Gasteiger partial charge in [-0.2, -0.15) is 0 Å². The van der Waals surface area contributed by atoms with Crippen LogP contribution >= 0.6 is 0 Å². The highest BCUT2D eigenvalue weighted by molar-refractivity contribution is 5.96. The summed E-state index contributed by atoms with van der Waals surface area (Å²) >= 11 is 0. The summed E-state index contributed by atoms with van der Waals surface area (Å²) in [6.07, 6.45) is 0. The molecule has 6 nitrogen and oxygen atoms in total. The Balaban J connectivity index is 0.000000652. The summed E-state index contributed by atoms with van der Waals surface area (Å²) in [5, 5.41) is 0. The molecule has 212 valence electrons. The van der Waals surface area contributed by atoms with Crippen molar-refractivity contribution in [2.75, 3.05) is 0 Å². The Bertz CT molecular complexity index is 1670. The van der Waals surface area contributed by atoms with Gasteiger partial charge in [-0.15, -0.1) is 10.2 Å². The van der Waals surface area contributed by atoms with E-state index in [1.54, 1.807) is 0 Å². The second kappa shape index (κ2) is 12.7. The number of aryl methyl sites for hydroxylation is 2. The molecular weight excluding hydrogens is 548 g/mol. The number of hydrogen-bond acceptors (Lipinski definition) is 4. The molecule has 0 radical (unpaired) electrons. The summed E-state index contributed by atoms with van der Waals surface area (Å²) in [5.74, 6) is 1.25. The topological polar surface area (TPSA) is 101 Å². The van der Waals surface area contributed by atoms with E-state index in [1.807, 2.05) is 0 Å². The van der Waals surface area contributed by atoms with Crippen LogP contribution in [0.4, 0.5) is 0 Å². The van der Waals surface area contributed by atoms with Crippen molar-refractivity contribution in [1.29, 1.82) is 0 Å². The summed E-state index contributed by atoms with van der Waals surface area (Å²) in [6.45, 7) is 6.29. The zero-order chi connectivity index (χ0) is 29.7. The third-order valence-corrected chi connectivity index (χ3v) is 7.25. The van der Waals surface area contributed by atoms with Crippen molar-refractivity contribution >= 4 is 11.0 Å². The monoisotopic (exact) mass is 578 g/mol. The zero-order valence-electron chi connectivity index (χ0n) is 23.4. The number of fused-ring (bicyclic) bond motifs is 1. The molecule has 7 heteroatoms. The number of imidazole rings is 1. The first-order valence-corrected chi connectivity index (χ1v) is 15.0. The van der Waals surface area contributed by atoms with Crippen molar-refractivity contribution in [1.82, 2.24) is 4.57 Å². The fourth-order valence-corrected chi connectivity index (χ4v) is 5.58. The molecule has 1 aromatic heterocycles. The number of rotatable bonds is 6. The molecule has 0 unspecified atom stereocenters. The molecule has 6 aromatic rings. The third kappa shape index (κ3) is 6.29. The Morgan fingerprint density at radius 1 is 0.571 bits per heavy atom. The lowest BCUT2D eigenvalue weighted by Crippen LogP contribution is -2.68. The molecule has 0 atom stereocenters. The lowest BCUT2D eigenvalue weighted by atomic mass is 9.87. The highest BCUT2D eigenvalue weighted by Crippen LogP contribution is 2.43. The maximum absolute atomic E-state index is 8.49. The van der Waals surface area contributed by atoms with E-state index in [0.717, 1.165) is 13.1 Å². The minimum Gasteiger partial charge on any atom is -0.223 e. The van der Waals surface area contributed by atoms with Gasteiger partial charge in [0.15, 0.2) is 11.0 Å². The summed E-state index contributed by atoms with van der Waals surface area (Å²) in [6, 6.07) is 45.9. The van der Waals surface area contributed by atoms with Gasteiger partial charge in [0.2, 0.25) is 0 Å². The Labute approximate surface area is 247 Å². The van der Waals surface area contributed by atoms with Crippen LogP contribution in [0.3, 0.4) is 0 Å². The highest BCUT2D eigenvalue weighted by atomic mass is 35.7. The lowest BCUT2D eigenvalue weighted by molar-refractivity contribution is -2.00. The smallest absolute Gasteiger partial charge is 0.223 e. The first-order chi connectivity index (χ1) is 20.3. The van der Waals surface area contributed by atoms with Crippen molar-refractivity contribution in [3.8, 4) is 44.8 Å². The normalized spacial score (nSPS) is 11.3. The van der Waals surface area contributed by atoms with Crippen LogP contribution in [0.5, 0.6) is 0 Å². The Hall–Kier alpha value is -4.30. The number of aromatic nitrogens is 2. The van der Waals surface area contributed by atoms with Crippen LogP contribution in [0.1, 0.15) is 13.8 Å². The van der Waals surface area contributed by atoms with Gasteiger partial charge < -0.3 is 0 Å². The van der Waals surface area contributed by atoms with Crippen molar-refractivity contribution in [3.05, 3.63) is 127 Å². The maximum atomic E-state index is 8.49. The number of para-hydroxylation sites is 2. The Morgan fingerprint density at radius 2 is 1.00 bits per heavy atom. The quantitative estimate of drug-likeness (QED) is 0.280. The second-order valence-corrected chi connectivity index (χ2v) is 10.5. The molecule has 0 saturated carbocycles. The van der Waals surface area contributed by atoms with Gasteiger partial charge in [-0.05, 0) is 71.5 Å². The zero-order valence-corrected chi connectivity index (χ0v) is 24.2. The summed E-state index contributed by atoms with van der Waals surface area (Å²) in [4.78, 5) is 0. The molecule has 0 bridgehead atoms. The number of nitrogens with zero attached hydrogens (tertiary/aromatic N) is 2. The van der Waals surface area contributed by atoms with Gasteiger partial charge in [0.1, 0.15) is 0 Å². The Morgan fingerprint density at radius 3 is 1.45 bits per heavy atom. The van der Waals surface area contributed by atoms with E-state index in [1.165, 1.54) is 55.8 Å². The van der Waals surface area contributed by atoms with Crippen LogP contribution in [0.15, 0.2) is 127 Å². The molecule has 0 amide bonds. The van der Waals surface area contributed by atoms with Crippen LogP contribution in [0.2, 0.25) is 0 Å². The molecule has 6 rings (SSSR count). The molecule has 0 aliphatic heterocycles. The standard InChI is InChI=1S/C35H31N2.ClHO4/c1-3-36-32-22-14-15-23-33(32)37(4-2)35(36)34-30(27-18-10-6-11-19-27)24-29(26-16-8-5-9-17-26)25-31(34)28-20-12-7-13-21-28;2-1(3,4)5/h5-25H,3-4H2,1-2H3;(H,2,3,4,5)/q+1;/p-1. The predicted molar refractivity (Wildman–Crippen MR) is 155 cm³/mol. The van der Waals surface area contributed by atoms with Gasteiger partial charge in [0.25, 0.3) is 5.82 Å². The van der Waals surface area contributed by atoms with Crippen LogP contribution in [0, 0.1) is 10.2 Å². The molecule has 1 heterocycles. The fourth-order valence-electron chi connectivity index (χ4n) is 5.58. The molecule has 42 heavy (non-hydrogen) atoms. The molecule has 0 aliphatic carbocycles. The lowest BCUT2D eigenvalue weighted by Gasteiger charge is -2.18. The largest absolute Gasteiger partial charge is 0.291 e. The van der Waals surface area contributed by atoms with Crippen molar-refractivity contribution in [3.63, 3.8) is 0 Å². The molecule has 0 spiro atoms. The molecular formula is C35H31ClN2O4. The van der Waals surface area contributed by atoms with E-state index in [2.05, 4.69) is 150 Å². The minimum absolute atomic E-state index is 0.895. The molecule has 0 fully saturated rings. The van der Waals surface area contributed by atoms with Crippen LogP contribution in [0.25, 0.3) is 55.8 Å². The SMILES string of the molecule is CCn1c(-c2c(-c3ccccc3)cc(-c3ccccc3)cc2-c2ccccc2)[n+](CC)c2ccccc21.[O-][Cl+3]([O-])([O-])[O-]. The van der Waals surface area contributed by atoms with Gasteiger partial charge >= 0.3 is 0 Å². The van der Waals surface area contributed by atoms with Gasteiger partial charge in [-0.1, -0.05) is 103 Å². The molecule has 0 aliphatic rings. The highest BCUT2D eigenvalue weighted by Gasteiger charge is 2.30. The van der Waals surface area contributed by atoms with Crippen molar-refractivity contribution in [2.24, 2.45) is 0 Å². The number of hydrogen-bond donors (Lipinski definition) is 0. The van der Waals surface area contributed by atoms with E-state index in [9.17, 15) is 0 Å². The van der Waals surface area contributed by atoms with Gasteiger partial charge in [-0.25, -0.2) is 27.8 Å². The molecule has 0 N–H and O–H groups in total. The fraction of sp³-hybridized carbons (Fsp3) is 0.114. The van der Waals surface area contributed by atoms with E-state index in [-0.39, 0.29) is 0 Å². The van der Waals surface area contributed by atoms with Gasteiger partial charge in [0, 0.05) is 0 Å². The average Bonchev–Trinajstić information content (AvgIpc) is 3.34.